The molecule has 2 rings (SSSR count). The zero-order valence-electron chi connectivity index (χ0n) is 9.99. The van der Waals surface area contributed by atoms with Gasteiger partial charge in [0.25, 0.3) is 0 Å². The summed E-state index contributed by atoms with van der Waals surface area (Å²) in [6.07, 6.45) is 0. The first-order valence-electron chi connectivity index (χ1n) is 5.43. The number of H-pyrrole nitrogens is 1. The van der Waals surface area contributed by atoms with Gasteiger partial charge in [-0.05, 0) is 56.8 Å². The van der Waals surface area contributed by atoms with Crippen LogP contribution in [-0.4, -0.2) is 14.8 Å². The molecule has 0 amide bonds. The number of nitrogens with one attached hydrogen (secondary N) is 1. The largest absolute Gasteiger partial charge is 0.298 e. The first-order valence-corrected chi connectivity index (χ1v) is 6.22. The van der Waals surface area contributed by atoms with E-state index in [0.717, 1.165) is 17.0 Å². The molecule has 3 nitrogen and oxygen atoms in total. The number of rotatable bonds is 2. The second-order valence-corrected chi connectivity index (χ2v) is 5.16. The molecule has 0 aliphatic heterocycles. The van der Waals surface area contributed by atoms with Crippen LogP contribution in [-0.2, 0) is 0 Å². The van der Waals surface area contributed by atoms with E-state index in [1.165, 1.54) is 0 Å². The molecule has 1 aromatic carbocycles. The zero-order valence-corrected chi connectivity index (χ0v) is 11.6. The second-order valence-electron chi connectivity index (χ2n) is 4.33. The fourth-order valence-corrected chi connectivity index (χ4v) is 2.49. The maximum absolute atomic E-state index is 6.07. The number of halogens is 1. The first kappa shape index (κ1) is 12.3. The Hall–Kier alpha value is -1.13. The summed E-state index contributed by atoms with van der Waals surface area (Å²) in [6, 6.07) is 6.13. The third-order valence-corrected chi connectivity index (χ3v) is 3.03. The molecule has 5 heteroatoms. The Morgan fingerprint density at radius 2 is 2.06 bits per heavy atom. The molecule has 0 aliphatic rings. The molecule has 0 atom stereocenters. The van der Waals surface area contributed by atoms with Gasteiger partial charge in [-0.25, -0.2) is 0 Å². The van der Waals surface area contributed by atoms with Crippen LogP contribution in [0.2, 0.25) is 5.02 Å². The summed E-state index contributed by atoms with van der Waals surface area (Å²) in [5.41, 5.74) is 2.09. The lowest BCUT2D eigenvalue weighted by Crippen LogP contribution is -2.03. The summed E-state index contributed by atoms with van der Waals surface area (Å²) in [7, 11) is 0. The molecule has 0 unspecified atom stereocenters. The second kappa shape index (κ2) is 4.63. The fraction of sp³-hybridized carbons (Fsp3) is 0.333. The lowest BCUT2D eigenvalue weighted by atomic mass is 10.1. The number of benzene rings is 1. The summed E-state index contributed by atoms with van der Waals surface area (Å²) in [5.74, 6) is 0.829. The summed E-state index contributed by atoms with van der Waals surface area (Å²) in [5, 5.41) is 7.82. The van der Waals surface area contributed by atoms with E-state index in [-0.39, 0.29) is 6.04 Å². The van der Waals surface area contributed by atoms with Gasteiger partial charge in [-0.3, -0.25) is 9.67 Å². The molecule has 0 aliphatic carbocycles. The fourth-order valence-electron chi connectivity index (χ4n) is 1.85. The predicted molar refractivity (Wildman–Crippen MR) is 73.0 cm³/mol. The Balaban J connectivity index is 2.64. The Bertz CT molecular complexity index is 578. The maximum atomic E-state index is 6.07. The Kier molecular flexibility index (Phi) is 3.35. The van der Waals surface area contributed by atoms with E-state index in [2.05, 4.69) is 30.1 Å². The van der Waals surface area contributed by atoms with Crippen molar-refractivity contribution in [3.63, 3.8) is 0 Å². The van der Waals surface area contributed by atoms with Crippen molar-refractivity contribution in [2.75, 3.05) is 0 Å². The highest BCUT2D eigenvalue weighted by Gasteiger charge is 2.12. The van der Waals surface area contributed by atoms with Crippen LogP contribution in [0.25, 0.3) is 11.4 Å². The SMILES string of the molecule is Cc1cc(Cl)cc(-c2n[nH]c(=S)n2C(C)C)c1. The van der Waals surface area contributed by atoms with Gasteiger partial charge in [0.1, 0.15) is 0 Å². The van der Waals surface area contributed by atoms with Crippen molar-refractivity contribution in [3.8, 4) is 11.4 Å². The summed E-state index contributed by atoms with van der Waals surface area (Å²) < 4.78 is 2.62. The molecule has 1 N–H and O–H groups in total. The van der Waals surface area contributed by atoms with Crippen LogP contribution in [0.1, 0.15) is 25.5 Å². The Morgan fingerprint density at radius 3 is 2.65 bits per heavy atom. The standard InChI is InChI=1S/C12H14ClN3S/c1-7(2)16-11(14-15-12(16)17)9-4-8(3)5-10(13)6-9/h4-7H,1-3H3,(H,15,17). The topological polar surface area (TPSA) is 33.6 Å². The van der Waals surface area contributed by atoms with Gasteiger partial charge >= 0.3 is 0 Å². The van der Waals surface area contributed by atoms with Crippen molar-refractivity contribution in [1.29, 1.82) is 0 Å². The van der Waals surface area contributed by atoms with Gasteiger partial charge in [-0.15, -0.1) is 0 Å². The average molecular weight is 268 g/mol. The Labute approximate surface area is 110 Å². The number of hydrogen-bond acceptors (Lipinski definition) is 2. The van der Waals surface area contributed by atoms with Crippen LogP contribution in [0.4, 0.5) is 0 Å². The molecule has 0 bridgehead atoms. The smallest absolute Gasteiger partial charge is 0.195 e. The highest BCUT2D eigenvalue weighted by atomic mass is 35.5. The summed E-state index contributed by atoms with van der Waals surface area (Å²) in [6.45, 7) is 6.16. The number of nitrogens with zero attached hydrogens (tertiary/aromatic N) is 2. The number of aromatic amines is 1. The molecule has 17 heavy (non-hydrogen) atoms. The van der Waals surface area contributed by atoms with Gasteiger partial charge in [0, 0.05) is 16.6 Å². The van der Waals surface area contributed by atoms with E-state index in [1.807, 2.05) is 23.6 Å². The Morgan fingerprint density at radius 1 is 1.35 bits per heavy atom. The minimum absolute atomic E-state index is 0.260. The van der Waals surface area contributed by atoms with Crippen molar-refractivity contribution in [2.45, 2.75) is 26.8 Å². The van der Waals surface area contributed by atoms with Crippen LogP contribution in [0.3, 0.4) is 0 Å². The summed E-state index contributed by atoms with van der Waals surface area (Å²) in [4.78, 5) is 0. The lowest BCUT2D eigenvalue weighted by Gasteiger charge is -2.11. The van der Waals surface area contributed by atoms with Gasteiger partial charge in [0.05, 0.1) is 0 Å². The van der Waals surface area contributed by atoms with Crippen molar-refractivity contribution in [3.05, 3.63) is 33.6 Å². The van der Waals surface area contributed by atoms with E-state index >= 15 is 0 Å². The molecule has 1 aromatic heterocycles. The van der Waals surface area contributed by atoms with Crippen LogP contribution in [0.15, 0.2) is 18.2 Å². The maximum Gasteiger partial charge on any atom is 0.195 e. The van der Waals surface area contributed by atoms with Gasteiger partial charge in [0.15, 0.2) is 10.6 Å². The van der Waals surface area contributed by atoms with Gasteiger partial charge in [-0.2, -0.15) is 5.10 Å². The molecule has 1 heterocycles. The highest BCUT2D eigenvalue weighted by Crippen LogP contribution is 2.25. The van der Waals surface area contributed by atoms with Crippen LogP contribution in [0.5, 0.6) is 0 Å². The van der Waals surface area contributed by atoms with Gasteiger partial charge < -0.3 is 0 Å². The van der Waals surface area contributed by atoms with E-state index in [0.29, 0.717) is 9.79 Å². The van der Waals surface area contributed by atoms with Gasteiger partial charge in [-0.1, -0.05) is 11.6 Å². The van der Waals surface area contributed by atoms with Crippen molar-refractivity contribution < 1.29 is 0 Å². The molecule has 0 fully saturated rings. The molecule has 2 aromatic rings. The van der Waals surface area contributed by atoms with Crippen LogP contribution >= 0.6 is 23.8 Å². The summed E-state index contributed by atoms with van der Waals surface area (Å²) >= 11 is 11.3. The zero-order chi connectivity index (χ0) is 12.6. The average Bonchev–Trinajstić information content (AvgIpc) is 2.58. The predicted octanol–water partition coefficient (Wildman–Crippen LogP) is 4.15. The normalized spacial score (nSPS) is 11.1. The third-order valence-electron chi connectivity index (χ3n) is 2.52. The van der Waals surface area contributed by atoms with E-state index in [1.54, 1.807) is 0 Å². The molecule has 0 radical (unpaired) electrons. The lowest BCUT2D eigenvalue weighted by molar-refractivity contribution is 0.597. The van der Waals surface area contributed by atoms with Crippen LogP contribution in [0, 0.1) is 11.7 Å². The van der Waals surface area contributed by atoms with Crippen molar-refractivity contribution in [2.24, 2.45) is 0 Å². The van der Waals surface area contributed by atoms with E-state index in [4.69, 9.17) is 23.8 Å². The minimum atomic E-state index is 0.260. The van der Waals surface area contributed by atoms with Crippen molar-refractivity contribution in [1.82, 2.24) is 14.8 Å². The molecule has 0 saturated heterocycles. The monoisotopic (exact) mass is 267 g/mol. The highest BCUT2D eigenvalue weighted by molar-refractivity contribution is 7.71. The number of hydrogen-bond donors (Lipinski definition) is 1. The quantitative estimate of drug-likeness (QED) is 0.830. The van der Waals surface area contributed by atoms with E-state index in [9.17, 15) is 0 Å². The minimum Gasteiger partial charge on any atom is -0.298 e. The van der Waals surface area contributed by atoms with Gasteiger partial charge in [0.2, 0.25) is 0 Å². The number of aromatic nitrogens is 3. The molecular formula is C12H14ClN3S. The molecule has 0 saturated carbocycles. The molecule has 90 valence electrons. The van der Waals surface area contributed by atoms with Crippen LogP contribution < -0.4 is 0 Å². The van der Waals surface area contributed by atoms with E-state index < -0.39 is 0 Å². The third kappa shape index (κ3) is 2.42. The molecule has 0 spiro atoms. The first-order chi connectivity index (χ1) is 7.99. The van der Waals surface area contributed by atoms with Crippen molar-refractivity contribution >= 4 is 23.8 Å². The molecular weight excluding hydrogens is 254 g/mol. The number of aryl methyl sites for hydroxylation is 1.